The van der Waals surface area contributed by atoms with Gasteiger partial charge in [-0.15, -0.1) is 10.2 Å². The number of aromatic amines is 1. The predicted octanol–water partition coefficient (Wildman–Crippen LogP) is 4.70. The summed E-state index contributed by atoms with van der Waals surface area (Å²) in [5, 5.41) is 19.4. The Morgan fingerprint density at radius 3 is 2.21 bits per heavy atom. The van der Waals surface area contributed by atoms with E-state index in [0.29, 0.717) is 23.1 Å². The summed E-state index contributed by atoms with van der Waals surface area (Å²) in [6.07, 6.45) is 0. The number of hydrogen-bond acceptors (Lipinski definition) is 9. The van der Waals surface area contributed by atoms with Crippen LogP contribution in [0.5, 0.6) is 0 Å². The average molecular weight is 532 g/mol. The van der Waals surface area contributed by atoms with Gasteiger partial charge in [-0.1, -0.05) is 17.7 Å². The van der Waals surface area contributed by atoms with Crippen LogP contribution in [0.2, 0.25) is 0 Å². The number of halogens is 1. The molecule has 2 heterocycles. The van der Waals surface area contributed by atoms with E-state index in [-0.39, 0.29) is 16.3 Å². The molecule has 3 aromatic carbocycles. The van der Waals surface area contributed by atoms with Crippen LogP contribution in [-0.2, 0) is 10.0 Å². The van der Waals surface area contributed by atoms with Crippen molar-refractivity contribution in [1.82, 2.24) is 30.6 Å². The van der Waals surface area contributed by atoms with E-state index in [9.17, 15) is 12.8 Å². The predicted molar refractivity (Wildman–Crippen MR) is 141 cm³/mol. The lowest BCUT2D eigenvalue weighted by molar-refractivity contribution is 0.600. The standard InChI is InChI=1S/C25H22FN9O2S/c1-15-3-5-18(6-4-15)29-25-27-16(2)13-23(30-25)28-17-7-9-19(10-8-17)33-38(36,37)20-11-12-22(26)21(14-20)24-31-34-35-32-24/h3-14,33H,1-2H3,(H2,27,28,29,30)(H,31,32,34,35). The molecule has 192 valence electrons. The van der Waals surface area contributed by atoms with Gasteiger partial charge in [0.25, 0.3) is 10.0 Å². The summed E-state index contributed by atoms with van der Waals surface area (Å²) in [5.74, 6) is 0.297. The quantitative estimate of drug-likeness (QED) is 0.223. The Bertz CT molecular complexity index is 1680. The number of hydrogen-bond donors (Lipinski definition) is 4. The molecular formula is C25H22FN9O2S. The highest BCUT2D eigenvalue weighted by atomic mass is 32.2. The largest absolute Gasteiger partial charge is 0.340 e. The zero-order valence-electron chi connectivity index (χ0n) is 20.3. The molecule has 0 saturated carbocycles. The number of tetrazole rings is 1. The van der Waals surface area contributed by atoms with E-state index in [2.05, 4.69) is 45.9 Å². The highest BCUT2D eigenvalue weighted by molar-refractivity contribution is 7.92. The molecule has 5 aromatic rings. The number of sulfonamides is 1. The number of nitrogens with zero attached hydrogens (tertiary/aromatic N) is 5. The van der Waals surface area contributed by atoms with Crippen LogP contribution in [0.1, 0.15) is 11.3 Å². The Morgan fingerprint density at radius 2 is 1.50 bits per heavy atom. The molecule has 0 spiro atoms. The first-order valence-electron chi connectivity index (χ1n) is 11.4. The minimum atomic E-state index is -4.01. The Balaban J connectivity index is 1.29. The van der Waals surface area contributed by atoms with E-state index in [4.69, 9.17) is 0 Å². The summed E-state index contributed by atoms with van der Waals surface area (Å²) in [7, 11) is -4.01. The van der Waals surface area contributed by atoms with Crippen molar-refractivity contribution >= 4 is 38.9 Å². The van der Waals surface area contributed by atoms with Crippen LogP contribution in [0.4, 0.5) is 33.2 Å². The molecular weight excluding hydrogens is 509 g/mol. The van der Waals surface area contributed by atoms with E-state index in [1.54, 1.807) is 30.3 Å². The van der Waals surface area contributed by atoms with Crippen LogP contribution in [-0.4, -0.2) is 39.0 Å². The molecule has 0 aliphatic rings. The molecule has 0 radical (unpaired) electrons. The van der Waals surface area contributed by atoms with Gasteiger partial charge in [-0.05, 0) is 73.7 Å². The first kappa shape index (κ1) is 24.8. The topological polar surface area (TPSA) is 150 Å². The van der Waals surface area contributed by atoms with Crippen molar-refractivity contribution in [2.24, 2.45) is 0 Å². The summed E-state index contributed by atoms with van der Waals surface area (Å²) in [5.41, 5.74) is 3.71. The number of aromatic nitrogens is 6. The SMILES string of the molecule is Cc1ccc(Nc2nc(C)cc(Nc3ccc(NS(=O)(=O)c4ccc(F)c(-c5nn[nH]n5)c4)cc3)n2)cc1. The van der Waals surface area contributed by atoms with Crippen molar-refractivity contribution in [3.05, 3.63) is 89.9 Å². The van der Waals surface area contributed by atoms with Crippen LogP contribution < -0.4 is 15.4 Å². The fourth-order valence-corrected chi connectivity index (χ4v) is 4.64. The Hall–Kier alpha value is -4.91. The van der Waals surface area contributed by atoms with Crippen molar-refractivity contribution in [1.29, 1.82) is 0 Å². The molecule has 0 aliphatic carbocycles. The van der Waals surface area contributed by atoms with Gasteiger partial charge in [-0.25, -0.2) is 17.8 Å². The van der Waals surface area contributed by atoms with Crippen molar-refractivity contribution in [2.75, 3.05) is 15.4 Å². The molecule has 4 N–H and O–H groups in total. The van der Waals surface area contributed by atoms with Gasteiger partial charge in [-0.3, -0.25) is 4.72 Å². The lowest BCUT2D eigenvalue weighted by Gasteiger charge is -2.12. The Morgan fingerprint density at radius 1 is 0.816 bits per heavy atom. The second kappa shape index (κ2) is 10.2. The minimum Gasteiger partial charge on any atom is -0.340 e. The molecule has 0 atom stereocenters. The number of aryl methyl sites for hydroxylation is 2. The number of anilines is 5. The fourth-order valence-electron chi connectivity index (χ4n) is 3.56. The Kier molecular flexibility index (Phi) is 6.66. The minimum absolute atomic E-state index is 0.0489. The maximum atomic E-state index is 14.2. The monoisotopic (exact) mass is 531 g/mol. The molecule has 13 heteroatoms. The number of H-pyrrole nitrogens is 1. The van der Waals surface area contributed by atoms with Crippen molar-refractivity contribution < 1.29 is 12.8 Å². The van der Waals surface area contributed by atoms with Gasteiger partial charge < -0.3 is 10.6 Å². The fraction of sp³-hybridized carbons (Fsp3) is 0.0800. The van der Waals surface area contributed by atoms with E-state index >= 15 is 0 Å². The summed E-state index contributed by atoms with van der Waals surface area (Å²) in [4.78, 5) is 8.79. The average Bonchev–Trinajstić information content (AvgIpc) is 3.41. The van der Waals surface area contributed by atoms with Gasteiger partial charge in [-0.2, -0.15) is 10.2 Å². The van der Waals surface area contributed by atoms with Crippen LogP contribution in [0.25, 0.3) is 11.4 Å². The number of rotatable bonds is 8. The van der Waals surface area contributed by atoms with Gasteiger partial charge >= 0.3 is 0 Å². The van der Waals surface area contributed by atoms with Crippen molar-refractivity contribution in [2.45, 2.75) is 18.7 Å². The summed E-state index contributed by atoms with van der Waals surface area (Å²) >= 11 is 0. The van der Waals surface area contributed by atoms with Gasteiger partial charge in [0.2, 0.25) is 11.8 Å². The van der Waals surface area contributed by atoms with E-state index in [1.165, 1.54) is 0 Å². The van der Waals surface area contributed by atoms with E-state index in [0.717, 1.165) is 35.1 Å². The molecule has 0 fully saturated rings. The molecule has 0 unspecified atom stereocenters. The first-order valence-corrected chi connectivity index (χ1v) is 12.9. The zero-order chi connectivity index (χ0) is 26.7. The summed E-state index contributed by atoms with van der Waals surface area (Å²) < 4.78 is 42.5. The van der Waals surface area contributed by atoms with Crippen LogP contribution in [0, 0.1) is 19.7 Å². The van der Waals surface area contributed by atoms with Crippen molar-refractivity contribution in [3.63, 3.8) is 0 Å². The highest BCUT2D eigenvalue weighted by Crippen LogP contribution is 2.25. The molecule has 0 amide bonds. The third-order valence-electron chi connectivity index (χ3n) is 5.41. The highest BCUT2D eigenvalue weighted by Gasteiger charge is 2.19. The molecule has 2 aromatic heterocycles. The molecule has 0 bridgehead atoms. The van der Waals surface area contributed by atoms with E-state index in [1.807, 2.05) is 38.1 Å². The lowest BCUT2D eigenvalue weighted by Crippen LogP contribution is -2.13. The van der Waals surface area contributed by atoms with Crippen molar-refractivity contribution in [3.8, 4) is 11.4 Å². The smallest absolute Gasteiger partial charge is 0.261 e. The second-order valence-electron chi connectivity index (χ2n) is 8.39. The molecule has 38 heavy (non-hydrogen) atoms. The van der Waals surface area contributed by atoms with Gasteiger partial charge in [0.15, 0.2) is 0 Å². The number of nitrogens with one attached hydrogen (secondary N) is 4. The number of benzene rings is 3. The molecule has 5 rings (SSSR count). The van der Waals surface area contributed by atoms with Crippen LogP contribution in [0.3, 0.4) is 0 Å². The van der Waals surface area contributed by atoms with Crippen LogP contribution >= 0.6 is 0 Å². The third kappa shape index (κ3) is 5.73. The lowest BCUT2D eigenvalue weighted by atomic mass is 10.2. The first-order chi connectivity index (χ1) is 18.2. The van der Waals surface area contributed by atoms with E-state index < -0.39 is 15.8 Å². The summed E-state index contributed by atoms with van der Waals surface area (Å²) in [6.45, 7) is 3.88. The molecule has 11 nitrogen and oxygen atoms in total. The molecule has 0 saturated heterocycles. The second-order valence-corrected chi connectivity index (χ2v) is 10.1. The third-order valence-corrected chi connectivity index (χ3v) is 6.78. The maximum absolute atomic E-state index is 14.2. The zero-order valence-corrected chi connectivity index (χ0v) is 21.1. The Labute approximate surface area is 217 Å². The van der Waals surface area contributed by atoms with Gasteiger partial charge in [0.05, 0.1) is 10.5 Å². The maximum Gasteiger partial charge on any atom is 0.261 e. The summed E-state index contributed by atoms with van der Waals surface area (Å²) in [6, 6.07) is 19.7. The molecule has 0 aliphatic heterocycles. The van der Waals surface area contributed by atoms with Gasteiger partial charge in [0, 0.05) is 28.8 Å². The van der Waals surface area contributed by atoms with Crippen LogP contribution in [0.15, 0.2) is 77.7 Å². The van der Waals surface area contributed by atoms with Gasteiger partial charge in [0.1, 0.15) is 11.6 Å². The normalized spacial score (nSPS) is 11.2.